The zero-order valence-electron chi connectivity index (χ0n) is 7.14. The predicted molar refractivity (Wildman–Crippen MR) is 37.6 cm³/mol. The fourth-order valence-corrected chi connectivity index (χ4v) is 0.988. The van der Waals surface area contributed by atoms with Crippen LogP contribution in [0.5, 0.6) is 0 Å². The van der Waals surface area contributed by atoms with Gasteiger partial charge in [0.25, 0.3) is 11.8 Å². The van der Waals surface area contributed by atoms with E-state index < -0.39 is 5.63 Å². The zero-order chi connectivity index (χ0) is 9.97. The van der Waals surface area contributed by atoms with Crippen molar-refractivity contribution in [1.82, 2.24) is 10.5 Å². The molecule has 14 heavy (non-hydrogen) atoms. The summed E-state index contributed by atoms with van der Waals surface area (Å²) in [5.41, 5.74) is -0.438. The van der Waals surface area contributed by atoms with E-state index in [0.717, 1.165) is 0 Å². The van der Waals surface area contributed by atoms with Gasteiger partial charge in [-0.25, -0.2) is 9.48 Å². The summed E-state index contributed by atoms with van der Waals surface area (Å²) >= 11 is 0. The van der Waals surface area contributed by atoms with Crippen molar-refractivity contribution in [3.63, 3.8) is 0 Å². The Hall–Kier alpha value is -2.12. The molecule has 2 N–H and O–H groups in total. The van der Waals surface area contributed by atoms with Crippen molar-refractivity contribution >= 4 is 0 Å². The van der Waals surface area contributed by atoms with Crippen LogP contribution in [0.1, 0.15) is 0 Å². The average molecular weight is 198 g/mol. The van der Waals surface area contributed by atoms with Gasteiger partial charge in [-0.3, -0.25) is 15.2 Å². The largest absolute Gasteiger partial charge is 0.487 e. The molecule has 0 bridgehead atoms. The van der Waals surface area contributed by atoms with Crippen molar-refractivity contribution in [3.8, 4) is 0 Å². The number of H-pyrrole nitrogens is 1. The molecular weight excluding hydrogens is 190 g/mol. The molecule has 74 valence electrons. The summed E-state index contributed by atoms with van der Waals surface area (Å²) in [6.07, 6.45) is 2.74. The fourth-order valence-electron chi connectivity index (χ4n) is 0.988. The second kappa shape index (κ2) is 3.32. The number of rotatable bonds is 3. The lowest BCUT2D eigenvalue weighted by Gasteiger charge is -1.90. The molecule has 0 fully saturated rings. The maximum atomic E-state index is 10.6. The number of hydrogen-bond acceptors (Lipinski definition) is 4. The minimum atomic E-state index is -0.434. The maximum Gasteiger partial charge on any atom is 0.426 e. The summed E-state index contributed by atoms with van der Waals surface area (Å²) in [4.78, 5) is 10.6. The SMILES string of the molecule is N=c1c[n+](CC[n+]2cc(=O)o[nH]2)[n-]o1. The van der Waals surface area contributed by atoms with E-state index in [1.54, 1.807) is 0 Å². The summed E-state index contributed by atoms with van der Waals surface area (Å²) in [6.45, 7) is 0.977. The lowest BCUT2D eigenvalue weighted by atomic mass is 10.6. The predicted octanol–water partition coefficient (Wildman–Crippen LogP) is -2.73. The van der Waals surface area contributed by atoms with E-state index in [0.29, 0.717) is 13.1 Å². The maximum absolute atomic E-state index is 10.6. The summed E-state index contributed by atoms with van der Waals surface area (Å²) in [5, 5.41) is 13.0. The molecule has 0 saturated carbocycles. The smallest absolute Gasteiger partial charge is 0.426 e. The summed E-state index contributed by atoms with van der Waals surface area (Å²) in [5.74, 6) is 0. The first-order chi connectivity index (χ1) is 6.74. The van der Waals surface area contributed by atoms with E-state index in [-0.39, 0.29) is 5.55 Å². The Morgan fingerprint density at radius 2 is 2.36 bits per heavy atom. The van der Waals surface area contributed by atoms with Crippen LogP contribution in [0.3, 0.4) is 0 Å². The minimum absolute atomic E-state index is 0.00399. The summed E-state index contributed by atoms with van der Waals surface area (Å²) in [7, 11) is 0. The monoisotopic (exact) mass is 198 g/mol. The first-order valence-corrected chi connectivity index (χ1v) is 3.90. The second-order valence-corrected chi connectivity index (χ2v) is 2.66. The van der Waals surface area contributed by atoms with Gasteiger partial charge in [-0.2, -0.15) is 0 Å². The molecule has 2 rings (SSSR count). The van der Waals surface area contributed by atoms with Crippen LogP contribution >= 0.6 is 0 Å². The molecule has 0 aromatic carbocycles. The van der Waals surface area contributed by atoms with Crippen LogP contribution in [0.4, 0.5) is 0 Å². The minimum Gasteiger partial charge on any atom is -0.487 e. The molecule has 0 atom stereocenters. The van der Waals surface area contributed by atoms with Crippen LogP contribution in [0.15, 0.2) is 26.2 Å². The third-order valence-electron chi connectivity index (χ3n) is 1.61. The number of hydrogen-bond donors (Lipinski definition) is 2. The van der Waals surface area contributed by atoms with Gasteiger partial charge in [0.1, 0.15) is 0 Å². The topological polar surface area (TPSA) is 105 Å². The Balaban J connectivity index is 2.01. The Morgan fingerprint density at radius 3 is 2.93 bits per heavy atom. The Morgan fingerprint density at radius 1 is 1.50 bits per heavy atom. The lowest BCUT2D eigenvalue weighted by molar-refractivity contribution is -0.840. The first kappa shape index (κ1) is 8.48. The Bertz CT molecular complexity index is 469. The van der Waals surface area contributed by atoms with Gasteiger partial charge in [0.05, 0.1) is 0 Å². The zero-order valence-corrected chi connectivity index (χ0v) is 7.14. The van der Waals surface area contributed by atoms with E-state index in [1.807, 2.05) is 0 Å². The number of aromatic amines is 1. The highest BCUT2D eigenvalue weighted by atomic mass is 16.5. The molecule has 0 aliphatic carbocycles. The van der Waals surface area contributed by atoms with Crippen LogP contribution in [0.2, 0.25) is 0 Å². The molecule has 0 amide bonds. The molecule has 8 heteroatoms. The normalized spacial score (nSPS) is 10.6. The van der Waals surface area contributed by atoms with Crippen LogP contribution < -0.4 is 25.8 Å². The summed E-state index contributed by atoms with van der Waals surface area (Å²) < 4.78 is 11.9. The molecular formula is C6H8N5O3+. The number of aromatic nitrogens is 4. The highest BCUT2D eigenvalue weighted by molar-refractivity contribution is 4.48. The van der Waals surface area contributed by atoms with Crippen molar-refractivity contribution in [1.29, 1.82) is 5.41 Å². The van der Waals surface area contributed by atoms with Gasteiger partial charge < -0.3 is 4.52 Å². The van der Waals surface area contributed by atoms with E-state index in [1.165, 1.54) is 21.8 Å². The number of aryl methyl sites for hydroxylation is 2. The third kappa shape index (κ3) is 1.79. The van der Waals surface area contributed by atoms with Crippen molar-refractivity contribution < 1.29 is 18.4 Å². The molecule has 8 nitrogen and oxygen atoms in total. The molecule has 0 aliphatic heterocycles. The Labute approximate surface area is 76.8 Å². The van der Waals surface area contributed by atoms with E-state index in [4.69, 9.17) is 5.41 Å². The van der Waals surface area contributed by atoms with Gasteiger partial charge in [0.2, 0.25) is 19.3 Å². The first-order valence-electron chi connectivity index (χ1n) is 3.90. The van der Waals surface area contributed by atoms with Gasteiger partial charge in [0, 0.05) is 0 Å². The van der Waals surface area contributed by atoms with Crippen molar-refractivity contribution in [3.05, 3.63) is 28.4 Å². The second-order valence-electron chi connectivity index (χ2n) is 2.66. The standard InChI is InChI=1S/C6H7N5O3/c7-5-3-10(8-13-5)1-2-11-4-6(12)14-9-11/h3-4,7H,1-2H2/p+1. The van der Waals surface area contributed by atoms with Crippen LogP contribution in [-0.4, -0.2) is 5.27 Å². The molecule has 2 aromatic heterocycles. The summed E-state index contributed by atoms with van der Waals surface area (Å²) in [6, 6.07) is 0. The van der Waals surface area contributed by atoms with Crippen LogP contribution in [-0.2, 0) is 13.1 Å². The van der Waals surface area contributed by atoms with Crippen LogP contribution in [0, 0.1) is 5.41 Å². The van der Waals surface area contributed by atoms with Crippen LogP contribution in [0.25, 0.3) is 0 Å². The van der Waals surface area contributed by atoms with Crippen molar-refractivity contribution in [2.45, 2.75) is 13.1 Å². The number of nitrogens with one attached hydrogen (secondary N) is 2. The van der Waals surface area contributed by atoms with Crippen molar-refractivity contribution in [2.75, 3.05) is 0 Å². The Kier molecular flexibility index (Phi) is 2.01. The molecule has 2 heterocycles. The molecule has 0 unspecified atom stereocenters. The molecule has 0 spiro atoms. The third-order valence-corrected chi connectivity index (χ3v) is 1.61. The highest BCUT2D eigenvalue weighted by Gasteiger charge is 2.07. The molecule has 0 saturated heterocycles. The lowest BCUT2D eigenvalue weighted by Crippen LogP contribution is -2.47. The number of nitrogens with zero attached hydrogens (tertiary/aromatic N) is 3. The van der Waals surface area contributed by atoms with Crippen molar-refractivity contribution in [2.24, 2.45) is 0 Å². The van der Waals surface area contributed by atoms with E-state index in [9.17, 15) is 4.79 Å². The van der Waals surface area contributed by atoms with Gasteiger partial charge in [-0.05, 0) is 5.27 Å². The molecule has 0 radical (unpaired) electrons. The average Bonchev–Trinajstić information content (AvgIpc) is 2.72. The highest BCUT2D eigenvalue weighted by Crippen LogP contribution is 1.64. The quantitative estimate of drug-likeness (QED) is 0.522. The van der Waals surface area contributed by atoms with Gasteiger partial charge in [-0.15, -0.1) is 0 Å². The van der Waals surface area contributed by atoms with Gasteiger partial charge in [-0.1, -0.05) is 4.68 Å². The fraction of sp³-hybridized carbons (Fsp3) is 0.333. The van der Waals surface area contributed by atoms with E-state index >= 15 is 0 Å². The van der Waals surface area contributed by atoms with Gasteiger partial charge >= 0.3 is 5.63 Å². The molecule has 0 aliphatic rings. The van der Waals surface area contributed by atoms with E-state index in [2.05, 4.69) is 19.6 Å². The van der Waals surface area contributed by atoms with Gasteiger partial charge in [0.15, 0.2) is 0 Å². The molecule has 2 aromatic rings.